The van der Waals surface area contributed by atoms with E-state index < -0.39 is 4.92 Å². The summed E-state index contributed by atoms with van der Waals surface area (Å²) in [6.07, 6.45) is 0. The maximum absolute atomic E-state index is 12.9. The van der Waals surface area contributed by atoms with Crippen LogP contribution in [0.25, 0.3) is 0 Å². The Balaban J connectivity index is 1.57. The van der Waals surface area contributed by atoms with Gasteiger partial charge in [-0.1, -0.05) is 18.2 Å². The quantitative estimate of drug-likeness (QED) is 0.524. The lowest BCUT2D eigenvalue weighted by molar-refractivity contribution is -0.385. The van der Waals surface area contributed by atoms with E-state index in [0.717, 1.165) is 16.8 Å². The number of carbonyl (C=O) groups is 2. The fraction of sp³-hybridized carbons (Fsp3) is 0.391. The van der Waals surface area contributed by atoms with Crippen molar-refractivity contribution < 1.29 is 19.2 Å². The van der Waals surface area contributed by atoms with Gasteiger partial charge in [-0.25, -0.2) is 0 Å². The molecule has 2 aromatic rings. The second kappa shape index (κ2) is 10.2. The number of rotatable bonds is 7. The Hall–Kier alpha value is -3.46. The first-order valence-electron chi connectivity index (χ1n) is 10.6. The third-order valence-electron chi connectivity index (χ3n) is 5.47. The van der Waals surface area contributed by atoms with Crippen molar-refractivity contribution in [2.75, 3.05) is 44.6 Å². The average Bonchev–Trinajstić information content (AvgIpc) is 2.77. The number of amides is 2. The molecule has 1 aliphatic rings. The Bertz CT molecular complexity index is 995. The van der Waals surface area contributed by atoms with E-state index in [4.69, 9.17) is 4.74 Å². The zero-order valence-electron chi connectivity index (χ0n) is 18.6. The van der Waals surface area contributed by atoms with E-state index in [-0.39, 0.29) is 35.4 Å². The standard InChI is InChI=1S/C23H28N4O5/c1-4-32-20-9-8-18(14-19(20)27(30)31)23(29)26-12-10-25(11-13-26)15-21(28)24-22-16(2)6-5-7-17(22)3/h5-9,14H,4,10-13,15H2,1-3H3,(H,24,28). The molecular formula is C23H28N4O5. The number of nitrogens with one attached hydrogen (secondary N) is 1. The summed E-state index contributed by atoms with van der Waals surface area (Å²) in [7, 11) is 0. The van der Waals surface area contributed by atoms with Crippen LogP contribution in [-0.2, 0) is 4.79 Å². The van der Waals surface area contributed by atoms with Gasteiger partial charge in [0.05, 0.1) is 18.1 Å². The van der Waals surface area contributed by atoms with Crippen LogP contribution in [-0.4, -0.2) is 65.9 Å². The lowest BCUT2D eigenvalue weighted by atomic mass is 10.1. The van der Waals surface area contributed by atoms with Crippen LogP contribution in [0.4, 0.5) is 11.4 Å². The SMILES string of the molecule is CCOc1ccc(C(=O)N2CCN(CC(=O)Nc3c(C)cccc3C)CC2)cc1[N+](=O)[O-]. The minimum atomic E-state index is -0.547. The van der Waals surface area contributed by atoms with Gasteiger partial charge in [-0.3, -0.25) is 24.6 Å². The first-order valence-corrected chi connectivity index (χ1v) is 10.6. The number of hydrogen-bond donors (Lipinski definition) is 1. The molecule has 0 saturated carbocycles. The van der Waals surface area contributed by atoms with Crippen LogP contribution >= 0.6 is 0 Å². The highest BCUT2D eigenvalue weighted by Gasteiger charge is 2.26. The molecule has 1 fully saturated rings. The number of nitro benzene ring substituents is 1. The van der Waals surface area contributed by atoms with Crippen LogP contribution in [0, 0.1) is 24.0 Å². The molecule has 170 valence electrons. The van der Waals surface area contributed by atoms with Gasteiger partial charge in [-0.2, -0.15) is 0 Å². The molecule has 1 heterocycles. The summed E-state index contributed by atoms with van der Waals surface area (Å²) in [4.78, 5) is 39.8. The first kappa shape index (κ1) is 23.2. The van der Waals surface area contributed by atoms with Crippen LogP contribution < -0.4 is 10.1 Å². The predicted molar refractivity (Wildman–Crippen MR) is 121 cm³/mol. The maximum Gasteiger partial charge on any atom is 0.311 e. The van der Waals surface area contributed by atoms with Gasteiger partial charge in [0, 0.05) is 43.5 Å². The van der Waals surface area contributed by atoms with Crippen LogP contribution in [0.1, 0.15) is 28.4 Å². The zero-order valence-corrected chi connectivity index (χ0v) is 18.6. The summed E-state index contributed by atoms with van der Waals surface area (Å²) >= 11 is 0. The minimum Gasteiger partial charge on any atom is -0.487 e. The first-order chi connectivity index (χ1) is 15.3. The largest absolute Gasteiger partial charge is 0.487 e. The Kier molecular flexibility index (Phi) is 7.42. The molecule has 0 aromatic heterocycles. The number of nitro groups is 1. The van der Waals surface area contributed by atoms with Crippen molar-refractivity contribution >= 4 is 23.2 Å². The Labute approximate surface area is 187 Å². The third kappa shape index (κ3) is 5.42. The van der Waals surface area contributed by atoms with E-state index >= 15 is 0 Å². The summed E-state index contributed by atoms with van der Waals surface area (Å²) in [5, 5.41) is 14.3. The number of hydrogen-bond acceptors (Lipinski definition) is 6. The molecule has 2 aromatic carbocycles. The fourth-order valence-corrected chi connectivity index (χ4v) is 3.76. The summed E-state index contributed by atoms with van der Waals surface area (Å²) in [6, 6.07) is 10.1. The number of nitrogens with zero attached hydrogens (tertiary/aromatic N) is 3. The zero-order chi connectivity index (χ0) is 23.3. The molecular weight excluding hydrogens is 412 g/mol. The van der Waals surface area contributed by atoms with E-state index in [1.165, 1.54) is 12.1 Å². The molecule has 1 saturated heterocycles. The normalized spacial score (nSPS) is 14.2. The van der Waals surface area contributed by atoms with Crippen LogP contribution in [0.3, 0.4) is 0 Å². The van der Waals surface area contributed by atoms with Gasteiger partial charge >= 0.3 is 5.69 Å². The van der Waals surface area contributed by atoms with Crippen molar-refractivity contribution in [3.8, 4) is 5.75 Å². The van der Waals surface area contributed by atoms with Crippen molar-refractivity contribution in [3.05, 3.63) is 63.2 Å². The van der Waals surface area contributed by atoms with Crippen molar-refractivity contribution in [1.82, 2.24) is 9.80 Å². The number of benzene rings is 2. The van der Waals surface area contributed by atoms with Gasteiger partial charge in [0.15, 0.2) is 5.75 Å². The highest BCUT2D eigenvalue weighted by molar-refractivity contribution is 5.95. The predicted octanol–water partition coefficient (Wildman–Crippen LogP) is 3.01. The molecule has 0 spiro atoms. The van der Waals surface area contributed by atoms with Gasteiger partial charge in [0.1, 0.15) is 0 Å². The average molecular weight is 441 g/mol. The maximum atomic E-state index is 12.9. The monoisotopic (exact) mass is 440 g/mol. The summed E-state index contributed by atoms with van der Waals surface area (Å²) in [5.41, 5.74) is 2.89. The third-order valence-corrected chi connectivity index (χ3v) is 5.47. The van der Waals surface area contributed by atoms with Gasteiger partial charge in [-0.15, -0.1) is 0 Å². The van der Waals surface area contributed by atoms with Gasteiger partial charge in [-0.05, 0) is 44.0 Å². The van der Waals surface area contributed by atoms with Gasteiger partial charge in [0.2, 0.25) is 5.91 Å². The smallest absolute Gasteiger partial charge is 0.311 e. The van der Waals surface area contributed by atoms with E-state index in [9.17, 15) is 19.7 Å². The molecule has 1 N–H and O–H groups in total. The lowest BCUT2D eigenvalue weighted by Gasteiger charge is -2.34. The van der Waals surface area contributed by atoms with Gasteiger partial charge < -0.3 is 15.0 Å². The summed E-state index contributed by atoms with van der Waals surface area (Å²) in [5.74, 6) is -0.214. The number of aryl methyl sites for hydroxylation is 2. The molecule has 1 aliphatic heterocycles. The number of para-hydroxylation sites is 1. The summed E-state index contributed by atoms with van der Waals surface area (Å²) in [6.45, 7) is 8.17. The molecule has 0 unspecified atom stereocenters. The number of anilines is 1. The molecule has 0 bridgehead atoms. The topological polar surface area (TPSA) is 105 Å². The second-order valence-corrected chi connectivity index (χ2v) is 7.76. The molecule has 9 heteroatoms. The Morgan fingerprint density at radius 3 is 2.34 bits per heavy atom. The van der Waals surface area contributed by atoms with E-state index in [2.05, 4.69) is 5.32 Å². The van der Waals surface area contributed by atoms with Gasteiger partial charge in [0.25, 0.3) is 5.91 Å². The summed E-state index contributed by atoms with van der Waals surface area (Å²) < 4.78 is 5.28. The van der Waals surface area contributed by atoms with Crippen molar-refractivity contribution in [1.29, 1.82) is 0 Å². The molecule has 0 atom stereocenters. The molecule has 9 nitrogen and oxygen atoms in total. The molecule has 32 heavy (non-hydrogen) atoms. The molecule has 0 radical (unpaired) electrons. The van der Waals surface area contributed by atoms with Crippen LogP contribution in [0.5, 0.6) is 5.75 Å². The molecule has 3 rings (SSSR count). The fourth-order valence-electron chi connectivity index (χ4n) is 3.76. The molecule has 2 amide bonds. The number of piperazine rings is 1. The molecule has 0 aliphatic carbocycles. The minimum absolute atomic E-state index is 0.0932. The van der Waals surface area contributed by atoms with Crippen LogP contribution in [0.2, 0.25) is 0 Å². The number of ether oxygens (including phenoxy) is 1. The van der Waals surface area contributed by atoms with E-state index in [1.54, 1.807) is 17.9 Å². The highest BCUT2D eigenvalue weighted by atomic mass is 16.6. The lowest BCUT2D eigenvalue weighted by Crippen LogP contribution is -2.50. The van der Waals surface area contributed by atoms with Crippen molar-refractivity contribution in [2.24, 2.45) is 0 Å². The Morgan fingerprint density at radius 2 is 1.75 bits per heavy atom. The van der Waals surface area contributed by atoms with Crippen molar-refractivity contribution in [3.63, 3.8) is 0 Å². The van der Waals surface area contributed by atoms with Crippen LogP contribution in [0.15, 0.2) is 36.4 Å². The van der Waals surface area contributed by atoms with E-state index in [0.29, 0.717) is 32.8 Å². The Morgan fingerprint density at radius 1 is 1.09 bits per heavy atom. The van der Waals surface area contributed by atoms with Crippen molar-refractivity contribution in [2.45, 2.75) is 20.8 Å². The number of carbonyl (C=O) groups excluding carboxylic acids is 2. The second-order valence-electron chi connectivity index (χ2n) is 7.76. The highest BCUT2D eigenvalue weighted by Crippen LogP contribution is 2.28. The van der Waals surface area contributed by atoms with E-state index in [1.807, 2.05) is 36.9 Å².